The molecule has 2 aromatic rings. The summed E-state index contributed by atoms with van der Waals surface area (Å²) in [5.41, 5.74) is 0.356. The van der Waals surface area contributed by atoms with Gasteiger partial charge in [0.2, 0.25) is 19.4 Å². The zero-order valence-electron chi connectivity index (χ0n) is 15.5. The van der Waals surface area contributed by atoms with E-state index in [1.165, 1.54) is 29.5 Å². The van der Waals surface area contributed by atoms with Gasteiger partial charge in [0.1, 0.15) is 10.6 Å². The Hall–Kier alpha value is -2.80. The number of thiophene rings is 1. The third kappa shape index (κ3) is 4.32. The minimum absolute atomic E-state index is 0.00134. The molecule has 9 nitrogen and oxygen atoms in total. The fourth-order valence-corrected chi connectivity index (χ4v) is 5.04. The monoisotopic (exact) mass is 494 g/mol. The molecule has 13 heteroatoms. The van der Waals surface area contributed by atoms with Gasteiger partial charge in [-0.1, -0.05) is 23.7 Å². The van der Waals surface area contributed by atoms with E-state index in [1.54, 1.807) is 23.6 Å². The number of sulfone groups is 1. The van der Waals surface area contributed by atoms with Crippen LogP contribution in [-0.4, -0.2) is 46.9 Å². The summed E-state index contributed by atoms with van der Waals surface area (Å²) in [5.74, 6) is -1.42. The summed E-state index contributed by atoms with van der Waals surface area (Å²) in [6.07, 6.45) is 2.36. The van der Waals surface area contributed by atoms with Crippen molar-refractivity contribution in [2.24, 2.45) is 10.1 Å². The molecule has 0 saturated carbocycles. The number of fused-ring (bicyclic) bond motifs is 1. The number of amidine groups is 2. The van der Waals surface area contributed by atoms with Crippen LogP contribution < -0.4 is 4.74 Å². The Morgan fingerprint density at radius 1 is 1.32 bits per heavy atom. The van der Waals surface area contributed by atoms with E-state index in [2.05, 4.69) is 10.1 Å². The normalized spacial score (nSPS) is 17.5. The number of benzene rings is 1. The number of aliphatic imine (C=N–C) groups is 1. The van der Waals surface area contributed by atoms with Crippen LogP contribution >= 0.6 is 34.7 Å². The minimum Gasteiger partial charge on any atom is -0.421 e. The molecule has 0 bridgehead atoms. The summed E-state index contributed by atoms with van der Waals surface area (Å²) < 4.78 is 28.4. The summed E-state index contributed by atoms with van der Waals surface area (Å²) in [7, 11) is -3.61. The first-order chi connectivity index (χ1) is 14.6. The molecule has 0 spiro atoms. The number of nitrogens with one attached hydrogen (secondary N) is 1. The van der Waals surface area contributed by atoms with Gasteiger partial charge in [-0.05, 0) is 47.0 Å². The third-order valence-corrected chi connectivity index (χ3v) is 7.67. The maximum Gasteiger partial charge on any atom is 0.353 e. The lowest BCUT2D eigenvalue weighted by atomic mass is 10.1. The summed E-state index contributed by atoms with van der Waals surface area (Å²) in [5, 5.41) is 15.0. The van der Waals surface area contributed by atoms with Crippen molar-refractivity contribution in [1.29, 1.82) is 5.41 Å². The predicted molar refractivity (Wildman–Crippen MR) is 121 cm³/mol. The lowest BCUT2D eigenvalue weighted by Crippen LogP contribution is -2.35. The van der Waals surface area contributed by atoms with Crippen LogP contribution in [0.15, 0.2) is 51.4 Å². The second-order valence-electron chi connectivity index (χ2n) is 6.21. The maximum atomic E-state index is 12.4. The number of carbonyl (C=O) groups excluding carboxylic acids is 2. The summed E-state index contributed by atoms with van der Waals surface area (Å²) in [6, 6.07) is 7.85. The number of thioether (sulfide) groups is 1. The highest BCUT2D eigenvalue weighted by Crippen LogP contribution is 2.31. The maximum absolute atomic E-state index is 12.4. The topological polar surface area (TPSA) is 129 Å². The third-order valence-electron chi connectivity index (χ3n) is 3.95. The number of halogens is 1. The average molecular weight is 495 g/mol. The molecule has 3 heterocycles. The molecule has 0 atom stereocenters. The number of hydrogen-bond donors (Lipinski definition) is 1. The second kappa shape index (κ2) is 8.04. The zero-order chi connectivity index (χ0) is 22.3. The molecule has 0 unspecified atom stereocenters. The summed E-state index contributed by atoms with van der Waals surface area (Å²) >= 11 is 8.16. The Labute approximate surface area is 189 Å². The fourth-order valence-electron chi connectivity index (χ4n) is 2.53. The van der Waals surface area contributed by atoms with E-state index in [1.807, 2.05) is 0 Å². The number of hydrazone groups is 1. The van der Waals surface area contributed by atoms with Crippen molar-refractivity contribution in [2.75, 3.05) is 6.26 Å². The fraction of sp³-hybridized carbons (Fsp3) is 0.0556. The molecule has 0 saturated heterocycles. The Bertz CT molecular complexity index is 1330. The van der Waals surface area contributed by atoms with Gasteiger partial charge in [-0.25, -0.2) is 13.2 Å². The number of nitrogens with zero attached hydrogens (tertiary/aromatic N) is 3. The van der Waals surface area contributed by atoms with Gasteiger partial charge in [-0.2, -0.15) is 10.0 Å². The molecule has 1 aromatic carbocycles. The van der Waals surface area contributed by atoms with Crippen molar-refractivity contribution in [2.45, 2.75) is 0 Å². The van der Waals surface area contributed by atoms with Crippen LogP contribution in [0.4, 0.5) is 0 Å². The van der Waals surface area contributed by atoms with Crippen LogP contribution in [0.5, 0.6) is 5.75 Å². The van der Waals surface area contributed by atoms with E-state index in [0.29, 0.717) is 22.2 Å². The first kappa shape index (κ1) is 21.4. The number of amides is 1. The minimum atomic E-state index is -3.61. The van der Waals surface area contributed by atoms with Gasteiger partial charge < -0.3 is 4.74 Å². The lowest BCUT2D eigenvalue weighted by Gasteiger charge is -2.20. The van der Waals surface area contributed by atoms with Gasteiger partial charge >= 0.3 is 5.97 Å². The van der Waals surface area contributed by atoms with Crippen LogP contribution in [-0.2, 0) is 14.6 Å². The van der Waals surface area contributed by atoms with Gasteiger partial charge in [0.15, 0.2) is 5.84 Å². The van der Waals surface area contributed by atoms with Gasteiger partial charge in [-0.3, -0.25) is 10.2 Å². The standard InChI is InChI=1S/C18H11ClN4O5S3/c1-31(26,27)18-22-23-14(20)10(15(24)21-17(23)30-18)7-9-4-5-12(11(19)8-9)28-16(25)13-3-2-6-29-13/h2-8,20H,1H3/b10-7-,20-14?. The van der Waals surface area contributed by atoms with E-state index in [4.69, 9.17) is 21.7 Å². The van der Waals surface area contributed by atoms with E-state index < -0.39 is 21.7 Å². The van der Waals surface area contributed by atoms with Crippen molar-refractivity contribution in [3.63, 3.8) is 0 Å². The van der Waals surface area contributed by atoms with Gasteiger partial charge in [0.25, 0.3) is 5.91 Å². The highest BCUT2D eigenvalue weighted by Gasteiger charge is 2.38. The Balaban J connectivity index is 1.59. The molecule has 158 valence electrons. The molecule has 0 fully saturated rings. The molecule has 31 heavy (non-hydrogen) atoms. The quantitative estimate of drug-likeness (QED) is 0.394. The van der Waals surface area contributed by atoms with Crippen molar-refractivity contribution in [3.05, 3.63) is 56.7 Å². The summed E-state index contributed by atoms with van der Waals surface area (Å²) in [4.78, 5) is 28.7. The number of carbonyl (C=O) groups is 2. The van der Waals surface area contributed by atoms with Crippen LogP contribution in [0.2, 0.25) is 5.02 Å². The van der Waals surface area contributed by atoms with E-state index in [9.17, 15) is 18.0 Å². The van der Waals surface area contributed by atoms with Crippen LogP contribution in [0.3, 0.4) is 0 Å². The van der Waals surface area contributed by atoms with Crippen molar-refractivity contribution in [3.8, 4) is 5.75 Å². The van der Waals surface area contributed by atoms with Crippen LogP contribution in [0.1, 0.15) is 15.2 Å². The van der Waals surface area contributed by atoms with Crippen LogP contribution in [0, 0.1) is 5.41 Å². The Morgan fingerprint density at radius 2 is 2.10 bits per heavy atom. The zero-order valence-corrected chi connectivity index (χ0v) is 18.7. The second-order valence-corrected chi connectivity index (χ2v) is 10.7. The van der Waals surface area contributed by atoms with Crippen molar-refractivity contribution >= 4 is 77.9 Å². The van der Waals surface area contributed by atoms with Gasteiger partial charge in [0.05, 0.1) is 10.6 Å². The van der Waals surface area contributed by atoms with E-state index >= 15 is 0 Å². The van der Waals surface area contributed by atoms with Gasteiger partial charge in [0, 0.05) is 6.26 Å². The average Bonchev–Trinajstić information content (AvgIpc) is 3.36. The number of esters is 1. The first-order valence-corrected chi connectivity index (χ1v) is 12.4. The predicted octanol–water partition coefficient (Wildman–Crippen LogP) is 3.24. The molecule has 2 aliphatic heterocycles. The number of ether oxygens (including phenoxy) is 1. The largest absolute Gasteiger partial charge is 0.421 e. The number of hydrogen-bond acceptors (Lipinski definition) is 9. The van der Waals surface area contributed by atoms with Crippen molar-refractivity contribution < 1.29 is 22.7 Å². The molecular weight excluding hydrogens is 484 g/mol. The molecule has 1 amide bonds. The highest BCUT2D eigenvalue weighted by atomic mass is 35.5. The Morgan fingerprint density at radius 3 is 2.74 bits per heavy atom. The molecular formula is C18H11ClN4O5S3. The van der Waals surface area contributed by atoms with Crippen molar-refractivity contribution in [1.82, 2.24) is 5.01 Å². The summed E-state index contributed by atoms with van der Waals surface area (Å²) in [6.45, 7) is 0. The smallest absolute Gasteiger partial charge is 0.353 e. The molecule has 0 aliphatic carbocycles. The lowest BCUT2D eigenvalue weighted by molar-refractivity contribution is -0.114. The SMILES string of the molecule is CS(=O)(=O)C1=NN2C(=N)/C(=C/c3ccc(OC(=O)c4cccs4)c(Cl)c3)C(=O)N=C2S1. The molecule has 0 radical (unpaired) electrons. The van der Waals surface area contributed by atoms with E-state index in [0.717, 1.165) is 11.3 Å². The van der Waals surface area contributed by atoms with E-state index in [-0.39, 0.29) is 31.7 Å². The Kier molecular flexibility index (Phi) is 5.56. The highest BCUT2D eigenvalue weighted by molar-refractivity contribution is 8.42. The molecule has 2 aliphatic rings. The molecule has 1 aromatic heterocycles. The molecule has 4 rings (SSSR count). The van der Waals surface area contributed by atoms with Gasteiger partial charge in [-0.15, -0.1) is 16.4 Å². The molecule has 1 N–H and O–H groups in total. The number of rotatable bonds is 3. The first-order valence-electron chi connectivity index (χ1n) is 8.39. The van der Waals surface area contributed by atoms with Crippen LogP contribution in [0.25, 0.3) is 6.08 Å².